The molecule has 0 bridgehead atoms. The number of benzene rings is 1. The second kappa shape index (κ2) is 4.41. The average Bonchev–Trinajstić information content (AvgIpc) is 2.75. The van der Waals surface area contributed by atoms with Gasteiger partial charge in [0.1, 0.15) is 11.9 Å². The summed E-state index contributed by atoms with van der Waals surface area (Å²) in [7, 11) is 0. The largest absolute Gasteiger partial charge is 0.482 e. The number of hydrogen-bond acceptors (Lipinski definition) is 3. The van der Waals surface area contributed by atoms with E-state index in [9.17, 15) is 0 Å². The summed E-state index contributed by atoms with van der Waals surface area (Å²) in [5.74, 6) is 0.827. The molecule has 0 radical (unpaired) electrons. The van der Waals surface area contributed by atoms with Gasteiger partial charge in [-0.2, -0.15) is 0 Å². The molecule has 1 aromatic carbocycles. The third-order valence-electron chi connectivity index (χ3n) is 2.65. The Labute approximate surface area is 113 Å². The maximum Gasteiger partial charge on any atom is 0.143 e. The van der Waals surface area contributed by atoms with Gasteiger partial charge in [-0.1, -0.05) is 23.2 Å². The van der Waals surface area contributed by atoms with Crippen molar-refractivity contribution >= 4 is 40.2 Å². The summed E-state index contributed by atoms with van der Waals surface area (Å²) in [5.41, 5.74) is 2.04. The van der Waals surface area contributed by atoms with E-state index in [2.05, 4.69) is 5.32 Å². The standard InChI is InChI=1S/C12H9Cl2NOS/c13-8-1-2-10-9(4-8)15-5-11(16-10)7-3-12(14)17-6-7/h1-4,6,11,15H,5H2. The SMILES string of the molecule is Clc1ccc2c(c1)NCC(c1csc(Cl)c1)O2. The van der Waals surface area contributed by atoms with Crippen LogP contribution in [0.15, 0.2) is 29.6 Å². The highest BCUT2D eigenvalue weighted by atomic mass is 35.5. The maximum absolute atomic E-state index is 5.93. The highest BCUT2D eigenvalue weighted by Gasteiger charge is 2.21. The molecule has 88 valence electrons. The lowest BCUT2D eigenvalue weighted by Gasteiger charge is -2.27. The van der Waals surface area contributed by atoms with Crippen molar-refractivity contribution in [3.8, 4) is 5.75 Å². The zero-order valence-electron chi connectivity index (χ0n) is 8.74. The second-order valence-corrected chi connectivity index (χ2v) is 5.79. The van der Waals surface area contributed by atoms with E-state index in [1.165, 1.54) is 11.3 Å². The molecule has 2 aromatic rings. The third kappa shape index (κ3) is 2.23. The van der Waals surface area contributed by atoms with Crippen LogP contribution in [0.3, 0.4) is 0 Å². The number of thiophene rings is 1. The highest BCUT2D eigenvalue weighted by Crippen LogP contribution is 2.37. The van der Waals surface area contributed by atoms with Crippen molar-refractivity contribution < 1.29 is 4.74 Å². The Kier molecular flexibility index (Phi) is 2.90. The number of nitrogens with one attached hydrogen (secondary N) is 1. The minimum absolute atomic E-state index is 0.00688. The molecule has 1 N–H and O–H groups in total. The molecule has 17 heavy (non-hydrogen) atoms. The molecule has 0 fully saturated rings. The van der Waals surface area contributed by atoms with Gasteiger partial charge >= 0.3 is 0 Å². The first-order valence-electron chi connectivity index (χ1n) is 5.16. The van der Waals surface area contributed by atoms with Crippen LogP contribution >= 0.6 is 34.5 Å². The molecule has 2 heterocycles. The van der Waals surface area contributed by atoms with Gasteiger partial charge < -0.3 is 10.1 Å². The quantitative estimate of drug-likeness (QED) is 0.827. The molecule has 1 aliphatic heterocycles. The Morgan fingerprint density at radius 1 is 1.29 bits per heavy atom. The van der Waals surface area contributed by atoms with Gasteiger partial charge in [0.2, 0.25) is 0 Å². The minimum atomic E-state index is 0.00688. The molecule has 1 atom stereocenters. The topological polar surface area (TPSA) is 21.3 Å². The van der Waals surface area contributed by atoms with Crippen LogP contribution in [-0.4, -0.2) is 6.54 Å². The summed E-state index contributed by atoms with van der Waals surface area (Å²) in [5, 5.41) is 6.04. The second-order valence-electron chi connectivity index (χ2n) is 3.81. The molecule has 0 aliphatic carbocycles. The lowest BCUT2D eigenvalue weighted by atomic mass is 10.1. The van der Waals surface area contributed by atoms with Crippen molar-refractivity contribution in [1.29, 1.82) is 0 Å². The zero-order chi connectivity index (χ0) is 11.8. The average molecular weight is 286 g/mol. The van der Waals surface area contributed by atoms with Crippen LogP contribution in [0.2, 0.25) is 9.36 Å². The van der Waals surface area contributed by atoms with E-state index in [1.807, 2.05) is 29.6 Å². The van der Waals surface area contributed by atoms with Crippen LogP contribution < -0.4 is 10.1 Å². The van der Waals surface area contributed by atoms with E-state index in [0.29, 0.717) is 5.02 Å². The lowest BCUT2D eigenvalue weighted by molar-refractivity contribution is 0.211. The summed E-state index contributed by atoms with van der Waals surface area (Å²) >= 11 is 13.4. The first-order chi connectivity index (χ1) is 8.22. The maximum atomic E-state index is 5.93. The lowest BCUT2D eigenvalue weighted by Crippen LogP contribution is -2.23. The first-order valence-corrected chi connectivity index (χ1v) is 6.80. The van der Waals surface area contributed by atoms with Gasteiger partial charge in [-0.25, -0.2) is 0 Å². The van der Waals surface area contributed by atoms with Gasteiger partial charge in [0, 0.05) is 10.6 Å². The molecular weight excluding hydrogens is 277 g/mol. The van der Waals surface area contributed by atoms with E-state index in [0.717, 1.165) is 27.9 Å². The van der Waals surface area contributed by atoms with Crippen molar-refractivity contribution in [2.75, 3.05) is 11.9 Å². The summed E-state index contributed by atoms with van der Waals surface area (Å²) in [4.78, 5) is 0. The number of ether oxygens (including phenoxy) is 1. The van der Waals surface area contributed by atoms with Crippen molar-refractivity contribution in [1.82, 2.24) is 0 Å². The highest BCUT2D eigenvalue weighted by molar-refractivity contribution is 7.14. The predicted molar refractivity (Wildman–Crippen MR) is 72.6 cm³/mol. The Morgan fingerprint density at radius 3 is 2.94 bits per heavy atom. The fourth-order valence-corrected chi connectivity index (χ4v) is 2.92. The molecule has 5 heteroatoms. The fourth-order valence-electron chi connectivity index (χ4n) is 1.82. The molecule has 1 aliphatic rings. The molecule has 2 nitrogen and oxygen atoms in total. The van der Waals surface area contributed by atoms with Crippen LogP contribution in [0.25, 0.3) is 0 Å². The molecule has 1 unspecified atom stereocenters. The van der Waals surface area contributed by atoms with Crippen LogP contribution in [0.4, 0.5) is 5.69 Å². The number of rotatable bonds is 1. The van der Waals surface area contributed by atoms with Gasteiger partial charge in [0.25, 0.3) is 0 Å². The normalized spacial score (nSPS) is 18.1. The minimum Gasteiger partial charge on any atom is -0.482 e. The Balaban J connectivity index is 1.88. The van der Waals surface area contributed by atoms with E-state index in [-0.39, 0.29) is 6.10 Å². The van der Waals surface area contributed by atoms with Crippen molar-refractivity contribution in [3.05, 3.63) is 44.6 Å². The van der Waals surface area contributed by atoms with Gasteiger partial charge in [0.05, 0.1) is 16.6 Å². The summed E-state index contributed by atoms with van der Waals surface area (Å²) in [6, 6.07) is 7.52. The molecule has 0 spiro atoms. The van der Waals surface area contributed by atoms with E-state index in [4.69, 9.17) is 27.9 Å². The Morgan fingerprint density at radius 2 is 2.18 bits per heavy atom. The smallest absolute Gasteiger partial charge is 0.143 e. The van der Waals surface area contributed by atoms with Crippen molar-refractivity contribution in [3.63, 3.8) is 0 Å². The predicted octanol–water partition coefficient (Wildman–Crippen LogP) is 4.60. The summed E-state index contributed by atoms with van der Waals surface area (Å²) < 4.78 is 6.70. The fraction of sp³-hybridized carbons (Fsp3) is 0.167. The van der Waals surface area contributed by atoms with Crippen LogP contribution in [-0.2, 0) is 0 Å². The van der Waals surface area contributed by atoms with Crippen LogP contribution in [0.5, 0.6) is 5.75 Å². The summed E-state index contributed by atoms with van der Waals surface area (Å²) in [6.07, 6.45) is 0.00688. The van der Waals surface area contributed by atoms with E-state index < -0.39 is 0 Å². The van der Waals surface area contributed by atoms with Gasteiger partial charge in [-0.05, 0) is 29.6 Å². The molecule has 3 rings (SSSR count). The molecular formula is C12H9Cl2NOS. The Hall–Kier alpha value is -0.900. The molecule has 0 amide bonds. The van der Waals surface area contributed by atoms with Crippen LogP contribution in [0.1, 0.15) is 11.7 Å². The van der Waals surface area contributed by atoms with Crippen molar-refractivity contribution in [2.24, 2.45) is 0 Å². The number of fused-ring (bicyclic) bond motifs is 1. The number of hydrogen-bond donors (Lipinski definition) is 1. The Bertz CT molecular complexity index is 555. The first kappa shape index (κ1) is 11.2. The monoisotopic (exact) mass is 285 g/mol. The van der Waals surface area contributed by atoms with Crippen molar-refractivity contribution in [2.45, 2.75) is 6.10 Å². The van der Waals surface area contributed by atoms with Crippen LogP contribution in [0, 0.1) is 0 Å². The number of halogens is 2. The third-order valence-corrected chi connectivity index (χ3v) is 3.99. The number of anilines is 1. The summed E-state index contributed by atoms with van der Waals surface area (Å²) in [6.45, 7) is 0.723. The molecule has 1 aromatic heterocycles. The zero-order valence-corrected chi connectivity index (χ0v) is 11.1. The van der Waals surface area contributed by atoms with Gasteiger partial charge in [0.15, 0.2) is 0 Å². The van der Waals surface area contributed by atoms with E-state index in [1.54, 1.807) is 0 Å². The van der Waals surface area contributed by atoms with Gasteiger partial charge in [-0.15, -0.1) is 11.3 Å². The molecule has 0 saturated heterocycles. The molecule has 0 saturated carbocycles. The van der Waals surface area contributed by atoms with Gasteiger partial charge in [-0.3, -0.25) is 0 Å². The van der Waals surface area contributed by atoms with E-state index >= 15 is 0 Å².